The van der Waals surface area contributed by atoms with E-state index in [1.807, 2.05) is 0 Å². The summed E-state index contributed by atoms with van der Waals surface area (Å²) in [6, 6.07) is 5.11. The molecule has 1 aromatic carbocycles. The number of rotatable bonds is 5. The molecule has 0 saturated heterocycles. The number of aromatic amines is 1. The Morgan fingerprint density at radius 1 is 1.30 bits per heavy atom. The number of carbonyl (C=O) groups excluding carboxylic acids is 1. The van der Waals surface area contributed by atoms with Crippen molar-refractivity contribution >= 4 is 68.3 Å². The highest BCUT2D eigenvalue weighted by molar-refractivity contribution is 9.10. The smallest absolute Gasteiger partial charge is 0.357 e. The van der Waals surface area contributed by atoms with E-state index < -0.39 is 16.6 Å². The summed E-state index contributed by atoms with van der Waals surface area (Å²) in [5.74, 6) is -1.11. The summed E-state index contributed by atoms with van der Waals surface area (Å²) in [6.07, 6.45) is 1.48. The molecule has 27 heavy (non-hydrogen) atoms. The van der Waals surface area contributed by atoms with Gasteiger partial charge in [0.2, 0.25) is 0 Å². The first-order valence-corrected chi connectivity index (χ1v) is 9.06. The second-order valence-electron chi connectivity index (χ2n) is 5.17. The number of H-pyrrole nitrogens is 1. The molecule has 0 saturated carbocycles. The molecular weight excluding hydrogens is 486 g/mol. The lowest BCUT2D eigenvalue weighted by atomic mass is 10.2. The lowest BCUT2D eigenvalue weighted by molar-refractivity contribution is -0.390. The zero-order chi connectivity index (χ0) is 19.7. The highest BCUT2D eigenvalue weighted by Crippen LogP contribution is 2.29. The van der Waals surface area contributed by atoms with E-state index >= 15 is 0 Å². The van der Waals surface area contributed by atoms with Crippen LogP contribution in [-0.2, 0) is 6.54 Å². The molecule has 3 rings (SSSR count). The van der Waals surface area contributed by atoms with Gasteiger partial charge in [-0.2, -0.15) is 5.10 Å². The number of hydrogen-bond acceptors (Lipinski definition) is 5. The fourth-order valence-electron chi connectivity index (χ4n) is 2.17. The number of nitrogens with zero attached hydrogens (tertiary/aromatic N) is 4. The van der Waals surface area contributed by atoms with Crippen molar-refractivity contribution in [1.29, 1.82) is 0 Å². The monoisotopic (exact) mass is 492 g/mol. The molecule has 0 unspecified atom stereocenters. The number of nitro groups is 1. The molecule has 2 heterocycles. The molecule has 0 aliphatic rings. The number of anilines is 1. The molecule has 0 spiro atoms. The fraction of sp³-hybridized carbons (Fsp3) is 0.0714. The summed E-state index contributed by atoms with van der Waals surface area (Å²) < 4.78 is 1.37. The first-order valence-electron chi connectivity index (χ1n) is 7.13. The van der Waals surface area contributed by atoms with Crippen LogP contribution in [0.1, 0.15) is 16.1 Å². The molecule has 0 aliphatic heterocycles. The lowest BCUT2D eigenvalue weighted by Gasteiger charge is -2.06. The fourth-order valence-corrected chi connectivity index (χ4v) is 3.38. The van der Waals surface area contributed by atoms with Crippen molar-refractivity contribution in [2.75, 3.05) is 5.32 Å². The first kappa shape index (κ1) is 19.6. The predicted octanol–water partition coefficient (Wildman–Crippen LogP) is 4.54. The van der Waals surface area contributed by atoms with Crippen LogP contribution < -0.4 is 5.32 Å². The number of benzene rings is 1. The lowest BCUT2D eigenvalue weighted by Crippen LogP contribution is -2.14. The van der Waals surface area contributed by atoms with Gasteiger partial charge in [0.25, 0.3) is 5.91 Å². The quantitative estimate of drug-likeness (QED) is 0.399. The highest BCUT2D eigenvalue weighted by atomic mass is 79.9. The number of amides is 1. The zero-order valence-electron chi connectivity index (χ0n) is 13.0. The molecule has 0 atom stereocenters. The van der Waals surface area contributed by atoms with Crippen LogP contribution in [0.2, 0.25) is 15.1 Å². The van der Waals surface area contributed by atoms with Crippen molar-refractivity contribution in [2.24, 2.45) is 0 Å². The van der Waals surface area contributed by atoms with Crippen molar-refractivity contribution in [3.05, 3.63) is 65.3 Å². The summed E-state index contributed by atoms with van der Waals surface area (Å²) in [7, 11) is 0. The summed E-state index contributed by atoms with van der Waals surface area (Å²) in [5, 5.41) is 24.3. The van der Waals surface area contributed by atoms with Crippen LogP contribution in [0.4, 0.5) is 11.6 Å². The van der Waals surface area contributed by atoms with E-state index in [9.17, 15) is 14.9 Å². The van der Waals surface area contributed by atoms with Gasteiger partial charge in [0.1, 0.15) is 9.50 Å². The predicted molar refractivity (Wildman–Crippen MR) is 104 cm³/mol. The van der Waals surface area contributed by atoms with Gasteiger partial charge in [0, 0.05) is 21.8 Å². The van der Waals surface area contributed by atoms with E-state index in [0.717, 1.165) is 0 Å². The summed E-state index contributed by atoms with van der Waals surface area (Å²) in [5.41, 5.74) is 0.435. The maximum atomic E-state index is 12.3. The van der Waals surface area contributed by atoms with E-state index in [-0.39, 0.29) is 27.6 Å². The van der Waals surface area contributed by atoms with Crippen LogP contribution in [-0.4, -0.2) is 30.8 Å². The molecular formula is C14H8BrCl3N6O3. The molecule has 2 N–H and O–H groups in total. The van der Waals surface area contributed by atoms with Crippen LogP contribution in [0.3, 0.4) is 0 Å². The Morgan fingerprint density at radius 2 is 1.96 bits per heavy atom. The van der Waals surface area contributed by atoms with Crippen molar-refractivity contribution in [3.8, 4) is 0 Å². The third-order valence-corrected chi connectivity index (χ3v) is 5.15. The standard InChI is InChI=1S/C14H8BrCl3N6O3/c15-10-11(20-21-13(10)24(26)27)14(25)19-12-9(18)5-23(22-12)4-6-7(16)2-1-3-8(6)17/h1-3,5H,4H2,(H,20,21)(H,19,22,25). The molecule has 2 aromatic heterocycles. The Morgan fingerprint density at radius 3 is 2.56 bits per heavy atom. The first-order chi connectivity index (χ1) is 12.8. The molecule has 0 radical (unpaired) electrons. The van der Waals surface area contributed by atoms with Crippen molar-refractivity contribution in [2.45, 2.75) is 6.54 Å². The van der Waals surface area contributed by atoms with Crippen LogP contribution in [0, 0.1) is 10.1 Å². The van der Waals surface area contributed by atoms with Crippen molar-refractivity contribution in [3.63, 3.8) is 0 Å². The maximum absolute atomic E-state index is 12.3. The average molecular weight is 495 g/mol. The second kappa shape index (κ2) is 7.85. The summed E-state index contributed by atoms with van der Waals surface area (Å²) in [6.45, 7) is 0.228. The minimum Gasteiger partial charge on any atom is -0.358 e. The molecule has 1 amide bonds. The van der Waals surface area contributed by atoms with E-state index in [2.05, 4.69) is 36.5 Å². The average Bonchev–Trinajstić information content (AvgIpc) is 3.14. The van der Waals surface area contributed by atoms with Crippen LogP contribution in [0.15, 0.2) is 28.9 Å². The molecule has 0 fully saturated rings. The largest absolute Gasteiger partial charge is 0.358 e. The number of hydrogen-bond donors (Lipinski definition) is 2. The van der Waals surface area contributed by atoms with Crippen molar-refractivity contribution in [1.82, 2.24) is 20.0 Å². The van der Waals surface area contributed by atoms with Gasteiger partial charge in [0.15, 0.2) is 11.5 Å². The van der Waals surface area contributed by atoms with Gasteiger partial charge in [-0.1, -0.05) is 46.0 Å². The van der Waals surface area contributed by atoms with E-state index in [1.54, 1.807) is 18.2 Å². The van der Waals surface area contributed by atoms with Gasteiger partial charge >= 0.3 is 5.82 Å². The SMILES string of the molecule is O=C(Nc1nn(Cc2c(Cl)cccc2Cl)cc1Cl)c1n[nH]c([N+](=O)[O-])c1Br. The Labute approximate surface area is 174 Å². The van der Waals surface area contributed by atoms with E-state index in [0.29, 0.717) is 15.6 Å². The molecule has 140 valence electrons. The van der Waals surface area contributed by atoms with Crippen molar-refractivity contribution < 1.29 is 9.72 Å². The molecule has 3 aromatic rings. The van der Waals surface area contributed by atoms with Crippen LogP contribution in [0.5, 0.6) is 0 Å². The highest BCUT2D eigenvalue weighted by Gasteiger charge is 2.25. The van der Waals surface area contributed by atoms with E-state index in [4.69, 9.17) is 34.8 Å². The second-order valence-corrected chi connectivity index (χ2v) is 7.18. The molecule has 0 aliphatic carbocycles. The number of halogens is 4. The summed E-state index contributed by atoms with van der Waals surface area (Å²) >= 11 is 21.3. The Kier molecular flexibility index (Phi) is 5.70. The molecule has 9 nitrogen and oxygen atoms in total. The Bertz CT molecular complexity index is 1030. The molecule has 0 bridgehead atoms. The van der Waals surface area contributed by atoms with Crippen LogP contribution >= 0.6 is 50.7 Å². The minimum atomic E-state index is -0.728. The van der Waals surface area contributed by atoms with Gasteiger partial charge in [0.05, 0.1) is 6.54 Å². The number of nitrogens with one attached hydrogen (secondary N) is 2. The normalized spacial score (nSPS) is 10.8. The number of aromatic nitrogens is 4. The maximum Gasteiger partial charge on any atom is 0.357 e. The van der Waals surface area contributed by atoms with Gasteiger partial charge < -0.3 is 15.4 Å². The van der Waals surface area contributed by atoms with Crippen LogP contribution in [0.25, 0.3) is 0 Å². The Balaban J connectivity index is 1.81. The Hall–Kier alpha value is -2.14. The van der Waals surface area contributed by atoms with Gasteiger partial charge in [-0.25, -0.2) is 0 Å². The third-order valence-electron chi connectivity index (χ3n) is 3.42. The topological polar surface area (TPSA) is 119 Å². The third kappa shape index (κ3) is 4.08. The zero-order valence-corrected chi connectivity index (χ0v) is 16.9. The molecule has 13 heteroatoms. The number of carbonyl (C=O) groups is 1. The van der Waals surface area contributed by atoms with Gasteiger partial charge in [-0.05, 0) is 33.0 Å². The summed E-state index contributed by atoms with van der Waals surface area (Å²) in [4.78, 5) is 22.4. The van der Waals surface area contributed by atoms with Gasteiger partial charge in [-0.15, -0.1) is 5.10 Å². The minimum absolute atomic E-state index is 0.0578. The van der Waals surface area contributed by atoms with Gasteiger partial charge in [-0.3, -0.25) is 9.48 Å². The van der Waals surface area contributed by atoms with E-state index in [1.165, 1.54) is 10.9 Å².